The number of carbonyl (C=O) groups excluding carboxylic acids is 4. The number of nitrogens with zero attached hydrogens (tertiary/aromatic N) is 2. The third-order valence-electron chi connectivity index (χ3n) is 7.56. The van der Waals surface area contributed by atoms with E-state index in [0.717, 1.165) is 10.5 Å². The first-order valence-corrected chi connectivity index (χ1v) is 12.7. The van der Waals surface area contributed by atoms with Gasteiger partial charge in [-0.25, -0.2) is 5.48 Å². The Balaban J connectivity index is 1.55. The van der Waals surface area contributed by atoms with Crippen molar-refractivity contribution in [3.8, 4) is 0 Å². The summed E-state index contributed by atoms with van der Waals surface area (Å²) in [5.41, 5.74) is 8.49. The summed E-state index contributed by atoms with van der Waals surface area (Å²) in [4.78, 5) is 55.7. The van der Waals surface area contributed by atoms with Crippen LogP contribution >= 0.6 is 0 Å². The maximum atomic E-state index is 13.9. The molecule has 9 heteroatoms. The molecule has 1 fully saturated rings. The zero-order chi connectivity index (χ0) is 26.7. The molecule has 9 nitrogen and oxygen atoms in total. The second kappa shape index (κ2) is 10.7. The quantitative estimate of drug-likeness (QED) is 0.196. The number of likely N-dealkylation sites (tertiary alicyclic amines) is 1. The highest BCUT2D eigenvalue weighted by Gasteiger charge is 2.54. The Morgan fingerprint density at radius 1 is 1.05 bits per heavy atom. The highest BCUT2D eigenvalue weighted by molar-refractivity contribution is 6.21. The molecule has 1 unspecified atom stereocenters. The Morgan fingerprint density at radius 3 is 2.43 bits per heavy atom. The van der Waals surface area contributed by atoms with Crippen LogP contribution in [0.1, 0.15) is 59.4 Å². The smallest absolute Gasteiger partial charge is 0.261 e. The Morgan fingerprint density at radius 2 is 1.76 bits per heavy atom. The van der Waals surface area contributed by atoms with Crippen LogP contribution in [-0.4, -0.2) is 58.3 Å². The van der Waals surface area contributed by atoms with Gasteiger partial charge in [-0.05, 0) is 55.4 Å². The molecular formula is C28H34N4O5. The molecule has 2 aliphatic heterocycles. The Kier molecular flexibility index (Phi) is 7.63. The second-order valence-electron chi connectivity index (χ2n) is 10.4. The maximum Gasteiger partial charge on any atom is 0.261 e. The monoisotopic (exact) mass is 506 g/mol. The van der Waals surface area contributed by atoms with Crippen molar-refractivity contribution < 1.29 is 24.4 Å². The van der Waals surface area contributed by atoms with E-state index in [1.807, 2.05) is 44.2 Å². The molecule has 0 radical (unpaired) electrons. The predicted octanol–water partition coefficient (Wildman–Crippen LogP) is 2.88. The van der Waals surface area contributed by atoms with Crippen LogP contribution < -0.4 is 11.2 Å². The summed E-state index contributed by atoms with van der Waals surface area (Å²) in [5, 5.41) is 9.60. The van der Waals surface area contributed by atoms with Gasteiger partial charge in [0.05, 0.1) is 22.5 Å². The summed E-state index contributed by atoms with van der Waals surface area (Å²) in [6.07, 6.45) is 1.65. The molecule has 0 saturated carbocycles. The van der Waals surface area contributed by atoms with Crippen molar-refractivity contribution in [2.45, 2.75) is 39.5 Å². The van der Waals surface area contributed by atoms with E-state index in [1.54, 1.807) is 16.4 Å². The zero-order valence-corrected chi connectivity index (χ0v) is 21.3. The average molecular weight is 507 g/mol. The fourth-order valence-electron chi connectivity index (χ4n) is 5.87. The summed E-state index contributed by atoms with van der Waals surface area (Å²) >= 11 is 0. The van der Waals surface area contributed by atoms with Gasteiger partial charge in [-0.3, -0.25) is 29.3 Å². The number of nitrogen functional groups attached to an aromatic ring is 1. The van der Waals surface area contributed by atoms with Gasteiger partial charge in [0.2, 0.25) is 11.8 Å². The van der Waals surface area contributed by atoms with E-state index in [4.69, 9.17) is 5.73 Å². The van der Waals surface area contributed by atoms with Crippen LogP contribution in [0.4, 0.5) is 5.69 Å². The number of rotatable bonds is 10. The van der Waals surface area contributed by atoms with Crippen LogP contribution in [0.25, 0.3) is 0 Å². The van der Waals surface area contributed by atoms with Gasteiger partial charge in [0.1, 0.15) is 0 Å². The van der Waals surface area contributed by atoms with E-state index >= 15 is 0 Å². The number of hydrogen-bond acceptors (Lipinski definition) is 6. The standard InChI is InChI=1S/C28H34N4O5/c1-18(2)17-28(12-15-31(27(28)36)13-10-19-6-4-3-5-7-19)23(24(33)30-37)11-14-32-25(34)21-9-8-20(29)16-22(21)26(32)35/h3-9,16,18,23,37H,10-15,17,29H2,1-2H3,(H,30,33)/t23?,28-/m1/s1. The number of fused-ring (bicyclic) bond motifs is 1. The van der Waals surface area contributed by atoms with E-state index in [9.17, 15) is 24.4 Å². The lowest BCUT2D eigenvalue weighted by Crippen LogP contribution is -2.48. The van der Waals surface area contributed by atoms with E-state index in [1.165, 1.54) is 12.1 Å². The number of carbonyl (C=O) groups is 4. The van der Waals surface area contributed by atoms with Gasteiger partial charge in [0, 0.05) is 25.3 Å². The minimum Gasteiger partial charge on any atom is -0.399 e. The molecule has 0 aromatic heterocycles. The molecule has 2 aliphatic rings. The predicted molar refractivity (Wildman–Crippen MR) is 137 cm³/mol. The van der Waals surface area contributed by atoms with Crippen LogP contribution in [0, 0.1) is 17.3 Å². The molecule has 2 aromatic rings. The van der Waals surface area contributed by atoms with Crippen LogP contribution in [-0.2, 0) is 16.0 Å². The van der Waals surface area contributed by atoms with Crippen molar-refractivity contribution in [3.63, 3.8) is 0 Å². The summed E-state index contributed by atoms with van der Waals surface area (Å²) in [7, 11) is 0. The lowest BCUT2D eigenvalue weighted by Gasteiger charge is -2.36. The van der Waals surface area contributed by atoms with Crippen molar-refractivity contribution in [1.82, 2.24) is 15.3 Å². The number of imide groups is 1. The summed E-state index contributed by atoms with van der Waals surface area (Å²) in [5.74, 6) is -2.54. The van der Waals surface area contributed by atoms with Gasteiger partial charge >= 0.3 is 0 Å². The molecule has 4 rings (SSSR count). The van der Waals surface area contributed by atoms with E-state index in [-0.39, 0.29) is 35.9 Å². The molecule has 2 heterocycles. The Hall–Kier alpha value is -3.72. The van der Waals surface area contributed by atoms with Gasteiger partial charge in [0.15, 0.2) is 0 Å². The summed E-state index contributed by atoms with van der Waals surface area (Å²) < 4.78 is 0. The number of nitrogens with two attached hydrogens (primary N) is 1. The molecule has 37 heavy (non-hydrogen) atoms. The van der Waals surface area contributed by atoms with Crippen molar-refractivity contribution in [2.75, 3.05) is 25.4 Å². The van der Waals surface area contributed by atoms with Crippen molar-refractivity contribution >= 4 is 29.3 Å². The third-order valence-corrected chi connectivity index (χ3v) is 7.56. The number of nitrogens with one attached hydrogen (secondary N) is 1. The van der Waals surface area contributed by atoms with Crippen LogP contribution in [0.3, 0.4) is 0 Å². The van der Waals surface area contributed by atoms with E-state index < -0.39 is 29.1 Å². The van der Waals surface area contributed by atoms with E-state index in [0.29, 0.717) is 38.0 Å². The SMILES string of the molecule is CC(C)C[C@@]1(C(CCN2C(=O)c3ccc(N)cc3C2=O)C(=O)NO)CCN(CCc2ccccc2)C1=O. The fourth-order valence-corrected chi connectivity index (χ4v) is 5.87. The van der Waals surface area contributed by atoms with Crippen LogP contribution in [0.5, 0.6) is 0 Å². The minimum absolute atomic E-state index is 0.0539. The molecule has 4 amide bonds. The van der Waals surface area contributed by atoms with Gasteiger partial charge < -0.3 is 10.6 Å². The molecule has 2 atom stereocenters. The van der Waals surface area contributed by atoms with Crippen LogP contribution in [0.2, 0.25) is 0 Å². The second-order valence-corrected chi connectivity index (χ2v) is 10.4. The first-order valence-electron chi connectivity index (χ1n) is 12.7. The highest BCUT2D eigenvalue weighted by atomic mass is 16.5. The molecule has 0 spiro atoms. The zero-order valence-electron chi connectivity index (χ0n) is 21.3. The summed E-state index contributed by atoms with van der Waals surface area (Å²) in [6, 6.07) is 14.4. The normalized spacial score (nSPS) is 20.1. The van der Waals surface area contributed by atoms with Crippen molar-refractivity contribution in [1.29, 1.82) is 0 Å². The van der Waals surface area contributed by atoms with Crippen LogP contribution in [0.15, 0.2) is 48.5 Å². The molecule has 196 valence electrons. The molecular weight excluding hydrogens is 472 g/mol. The first-order chi connectivity index (χ1) is 17.7. The average Bonchev–Trinajstić information content (AvgIpc) is 3.31. The molecule has 0 aliphatic carbocycles. The minimum atomic E-state index is -1.04. The third kappa shape index (κ3) is 5.09. The maximum absolute atomic E-state index is 13.9. The molecule has 2 aromatic carbocycles. The first kappa shape index (κ1) is 26.3. The lowest BCUT2D eigenvalue weighted by molar-refractivity contribution is -0.150. The number of hydrogen-bond donors (Lipinski definition) is 3. The largest absolute Gasteiger partial charge is 0.399 e. The highest BCUT2D eigenvalue weighted by Crippen LogP contribution is 2.46. The number of benzene rings is 2. The Labute approximate surface area is 216 Å². The number of anilines is 1. The van der Waals surface area contributed by atoms with Crippen molar-refractivity contribution in [3.05, 3.63) is 65.2 Å². The number of amides is 4. The fraction of sp³-hybridized carbons (Fsp3) is 0.429. The van der Waals surface area contributed by atoms with Gasteiger partial charge in [-0.1, -0.05) is 44.2 Å². The van der Waals surface area contributed by atoms with Gasteiger partial charge in [0.25, 0.3) is 11.8 Å². The van der Waals surface area contributed by atoms with Gasteiger partial charge in [-0.2, -0.15) is 0 Å². The van der Waals surface area contributed by atoms with Crippen molar-refractivity contribution in [2.24, 2.45) is 17.3 Å². The molecule has 1 saturated heterocycles. The van der Waals surface area contributed by atoms with Gasteiger partial charge in [-0.15, -0.1) is 0 Å². The Bertz CT molecular complexity index is 1200. The molecule has 0 bridgehead atoms. The summed E-state index contributed by atoms with van der Waals surface area (Å²) in [6.45, 7) is 4.95. The van der Waals surface area contributed by atoms with E-state index in [2.05, 4.69) is 0 Å². The molecule has 4 N–H and O–H groups in total. The topological polar surface area (TPSA) is 133 Å². The number of hydroxylamine groups is 1. The lowest BCUT2D eigenvalue weighted by atomic mass is 9.67.